The third kappa shape index (κ3) is 2.15. The molecule has 0 aromatic carbocycles. The molecule has 1 N–H and O–H groups in total. The summed E-state index contributed by atoms with van der Waals surface area (Å²) < 4.78 is 6.01. The summed E-state index contributed by atoms with van der Waals surface area (Å²) in [6.07, 6.45) is 1.49. The Hall–Kier alpha value is -0.120. The van der Waals surface area contributed by atoms with E-state index >= 15 is 0 Å². The van der Waals surface area contributed by atoms with Crippen LogP contribution >= 0.6 is 0 Å². The monoisotopic (exact) mass is 160 g/mol. The first-order valence-corrected chi connectivity index (χ1v) is 4.07. The lowest BCUT2D eigenvalue weighted by Crippen LogP contribution is -2.53. The van der Waals surface area contributed by atoms with Gasteiger partial charge in [0.1, 0.15) is 0 Å². The second-order valence-electron chi connectivity index (χ2n) is 4.03. The van der Waals surface area contributed by atoms with Gasteiger partial charge in [0.05, 0.1) is 40.0 Å². The summed E-state index contributed by atoms with van der Waals surface area (Å²) in [5, 5.41) is 9.68. The zero-order valence-electron chi connectivity index (χ0n) is 7.63. The molecular weight excluding hydrogens is 142 g/mol. The molecule has 1 aliphatic heterocycles. The van der Waals surface area contributed by atoms with Gasteiger partial charge in [0.15, 0.2) is 5.79 Å². The summed E-state index contributed by atoms with van der Waals surface area (Å²) in [6.45, 7) is 1.98. The van der Waals surface area contributed by atoms with Crippen LogP contribution in [-0.4, -0.2) is 49.7 Å². The molecule has 0 amide bonds. The molecule has 0 saturated carbocycles. The molecule has 0 aromatic heterocycles. The first-order valence-electron chi connectivity index (χ1n) is 4.07. The topological polar surface area (TPSA) is 29.5 Å². The summed E-state index contributed by atoms with van der Waals surface area (Å²) in [7, 11) is 5.93. The van der Waals surface area contributed by atoms with Crippen LogP contribution in [0.1, 0.15) is 12.8 Å². The molecule has 3 nitrogen and oxygen atoms in total. The molecule has 1 aliphatic rings. The van der Waals surface area contributed by atoms with Gasteiger partial charge in [-0.3, -0.25) is 0 Å². The number of rotatable bonds is 1. The number of quaternary nitrogens is 1. The lowest BCUT2D eigenvalue weighted by atomic mass is 10.0. The Labute approximate surface area is 68.2 Å². The van der Waals surface area contributed by atoms with E-state index in [-0.39, 0.29) is 0 Å². The Kier molecular flexibility index (Phi) is 2.23. The number of likely N-dealkylation sites (tertiary alicyclic amines) is 1. The summed E-state index contributed by atoms with van der Waals surface area (Å²) in [6, 6.07) is 0. The van der Waals surface area contributed by atoms with Gasteiger partial charge >= 0.3 is 0 Å². The number of nitrogens with zero attached hydrogens (tertiary/aromatic N) is 1. The van der Waals surface area contributed by atoms with E-state index in [9.17, 15) is 5.11 Å². The highest BCUT2D eigenvalue weighted by Gasteiger charge is 2.36. The highest BCUT2D eigenvalue weighted by Crippen LogP contribution is 2.24. The molecule has 1 saturated heterocycles. The summed E-state index contributed by atoms with van der Waals surface area (Å²) >= 11 is 0. The minimum atomic E-state index is -0.840. The van der Waals surface area contributed by atoms with Crippen molar-refractivity contribution in [3.63, 3.8) is 0 Å². The van der Waals surface area contributed by atoms with Crippen molar-refractivity contribution in [2.24, 2.45) is 0 Å². The molecule has 0 aliphatic carbocycles. The number of hydrogen-bond acceptors (Lipinski definition) is 2. The van der Waals surface area contributed by atoms with E-state index in [1.165, 1.54) is 0 Å². The van der Waals surface area contributed by atoms with Gasteiger partial charge in [0, 0.05) is 7.11 Å². The third-order valence-electron chi connectivity index (χ3n) is 2.60. The maximum absolute atomic E-state index is 9.68. The predicted octanol–water partition coefficient (Wildman–Crippen LogP) is 0.192. The quantitative estimate of drug-likeness (QED) is 0.438. The second kappa shape index (κ2) is 2.73. The molecule has 0 aromatic rings. The van der Waals surface area contributed by atoms with Crippen LogP contribution in [0.2, 0.25) is 0 Å². The second-order valence-corrected chi connectivity index (χ2v) is 4.03. The minimum Gasteiger partial charge on any atom is -0.365 e. The average Bonchev–Trinajstić information content (AvgIpc) is 1.97. The maximum Gasteiger partial charge on any atom is 0.175 e. The van der Waals surface area contributed by atoms with Crippen LogP contribution in [0, 0.1) is 0 Å². The average molecular weight is 160 g/mol. The zero-order valence-corrected chi connectivity index (χ0v) is 7.63. The predicted molar refractivity (Wildman–Crippen MR) is 43.0 cm³/mol. The number of aliphatic hydroxyl groups is 1. The number of ether oxygens (including phenoxy) is 1. The van der Waals surface area contributed by atoms with Gasteiger partial charge in [-0.05, 0) is 0 Å². The Morgan fingerprint density at radius 2 is 1.73 bits per heavy atom. The molecular formula is C8H18NO2+. The largest absolute Gasteiger partial charge is 0.365 e. The zero-order chi connectivity index (χ0) is 8.54. The molecule has 3 heteroatoms. The summed E-state index contributed by atoms with van der Waals surface area (Å²) in [5.41, 5.74) is 0. The highest BCUT2D eigenvalue weighted by atomic mass is 16.6. The molecule has 1 heterocycles. The molecule has 0 unspecified atom stereocenters. The SMILES string of the molecule is COC1(O)CC[N+](C)(C)CC1. The van der Waals surface area contributed by atoms with E-state index in [4.69, 9.17) is 4.74 Å². The molecule has 0 atom stereocenters. The number of piperidine rings is 1. The minimum absolute atomic E-state index is 0.747. The highest BCUT2D eigenvalue weighted by molar-refractivity contribution is 4.70. The van der Waals surface area contributed by atoms with Crippen molar-refractivity contribution < 1.29 is 14.3 Å². The molecule has 0 radical (unpaired) electrons. The Morgan fingerprint density at radius 1 is 1.27 bits per heavy atom. The first-order chi connectivity index (χ1) is 4.97. The third-order valence-corrected chi connectivity index (χ3v) is 2.60. The fourth-order valence-electron chi connectivity index (χ4n) is 1.40. The van der Waals surface area contributed by atoms with Gasteiger partial charge in [-0.2, -0.15) is 0 Å². The maximum atomic E-state index is 9.68. The first kappa shape index (κ1) is 8.97. The van der Waals surface area contributed by atoms with E-state index in [0.29, 0.717) is 0 Å². The Bertz CT molecular complexity index is 135. The van der Waals surface area contributed by atoms with Gasteiger partial charge in [0.2, 0.25) is 0 Å². The van der Waals surface area contributed by atoms with Crippen LogP contribution in [-0.2, 0) is 4.74 Å². The van der Waals surface area contributed by atoms with Gasteiger partial charge in [-0.25, -0.2) is 0 Å². The molecule has 1 fully saturated rings. The van der Waals surface area contributed by atoms with Gasteiger partial charge in [0.25, 0.3) is 0 Å². The van der Waals surface area contributed by atoms with Crippen molar-refractivity contribution in [3.05, 3.63) is 0 Å². The van der Waals surface area contributed by atoms with Crippen LogP contribution in [0.3, 0.4) is 0 Å². The van der Waals surface area contributed by atoms with E-state index in [0.717, 1.165) is 30.4 Å². The van der Waals surface area contributed by atoms with Gasteiger partial charge in [-0.15, -0.1) is 0 Å². The number of hydrogen-bond donors (Lipinski definition) is 1. The standard InChI is InChI=1S/C8H18NO2/c1-9(2)6-4-8(10,11-3)5-7-9/h10H,4-7H2,1-3H3/q+1. The van der Waals surface area contributed by atoms with Crippen molar-refractivity contribution in [3.8, 4) is 0 Å². The van der Waals surface area contributed by atoms with Crippen molar-refractivity contribution in [1.82, 2.24) is 0 Å². The molecule has 0 bridgehead atoms. The van der Waals surface area contributed by atoms with Crippen molar-refractivity contribution in [1.29, 1.82) is 0 Å². The fourth-order valence-corrected chi connectivity index (χ4v) is 1.40. The molecule has 0 spiro atoms. The van der Waals surface area contributed by atoms with Crippen LogP contribution in [0.25, 0.3) is 0 Å². The molecule has 66 valence electrons. The van der Waals surface area contributed by atoms with Crippen LogP contribution in [0.4, 0.5) is 0 Å². The number of methoxy groups -OCH3 is 1. The van der Waals surface area contributed by atoms with Crippen LogP contribution in [0.5, 0.6) is 0 Å². The summed E-state index contributed by atoms with van der Waals surface area (Å²) in [4.78, 5) is 0. The normalized spacial score (nSPS) is 28.4. The van der Waals surface area contributed by atoms with Gasteiger partial charge < -0.3 is 14.3 Å². The van der Waals surface area contributed by atoms with Gasteiger partial charge in [-0.1, -0.05) is 0 Å². The van der Waals surface area contributed by atoms with E-state index < -0.39 is 5.79 Å². The Balaban J connectivity index is 2.48. The lowest BCUT2D eigenvalue weighted by Gasteiger charge is -2.40. The molecule has 11 heavy (non-hydrogen) atoms. The summed E-state index contributed by atoms with van der Waals surface area (Å²) in [5.74, 6) is -0.840. The van der Waals surface area contributed by atoms with Crippen molar-refractivity contribution >= 4 is 0 Å². The van der Waals surface area contributed by atoms with E-state index in [1.807, 2.05) is 0 Å². The van der Waals surface area contributed by atoms with Crippen LogP contribution < -0.4 is 0 Å². The van der Waals surface area contributed by atoms with Crippen molar-refractivity contribution in [2.45, 2.75) is 18.6 Å². The van der Waals surface area contributed by atoms with Crippen molar-refractivity contribution in [2.75, 3.05) is 34.3 Å². The lowest BCUT2D eigenvalue weighted by molar-refractivity contribution is -0.899. The fraction of sp³-hybridized carbons (Fsp3) is 1.00. The van der Waals surface area contributed by atoms with E-state index in [2.05, 4.69) is 14.1 Å². The Morgan fingerprint density at radius 3 is 2.09 bits per heavy atom. The van der Waals surface area contributed by atoms with Crippen LogP contribution in [0.15, 0.2) is 0 Å². The smallest absolute Gasteiger partial charge is 0.175 e. The van der Waals surface area contributed by atoms with E-state index in [1.54, 1.807) is 7.11 Å². The molecule has 1 rings (SSSR count).